The first-order valence-electron chi connectivity index (χ1n) is 18.5. The summed E-state index contributed by atoms with van der Waals surface area (Å²) >= 11 is 0. The quantitative estimate of drug-likeness (QED) is 0.155. The smallest absolute Gasteiger partial charge is 0.160 e. The van der Waals surface area contributed by atoms with Crippen LogP contribution in [0.25, 0.3) is 77.6 Å². The summed E-state index contributed by atoms with van der Waals surface area (Å²) in [5.41, 5.74) is 10.9. The Bertz CT molecular complexity index is 2850. The number of fused-ring (bicyclic) bond motifs is 5. The van der Waals surface area contributed by atoms with Crippen LogP contribution in [0.15, 0.2) is 206 Å². The summed E-state index contributed by atoms with van der Waals surface area (Å²) in [6.07, 6.45) is 0. The van der Waals surface area contributed by atoms with E-state index in [1.807, 2.05) is 12.1 Å². The Kier molecular flexibility index (Phi) is 8.12. The Hall–Kier alpha value is -7.43. The molecule has 258 valence electrons. The molecule has 10 aromatic rings. The second-order valence-corrected chi connectivity index (χ2v) is 13.6. The molecule has 0 amide bonds. The molecule has 0 saturated carbocycles. The van der Waals surface area contributed by atoms with Crippen LogP contribution < -0.4 is 4.90 Å². The van der Waals surface area contributed by atoms with Gasteiger partial charge in [0.1, 0.15) is 0 Å². The van der Waals surface area contributed by atoms with Gasteiger partial charge in [0.2, 0.25) is 0 Å². The van der Waals surface area contributed by atoms with E-state index in [-0.39, 0.29) is 0 Å². The first-order valence-corrected chi connectivity index (χ1v) is 18.5. The molecule has 0 spiro atoms. The molecule has 0 saturated heterocycles. The normalized spacial score (nSPS) is 11.3. The Balaban J connectivity index is 1.27. The number of hydrogen-bond donors (Lipinski definition) is 0. The molecule has 0 aliphatic rings. The molecule has 4 heteroatoms. The highest BCUT2D eigenvalue weighted by molar-refractivity contribution is 6.24. The van der Waals surface area contributed by atoms with Crippen molar-refractivity contribution >= 4 is 49.5 Å². The number of hydrogen-bond acceptors (Lipinski definition) is 4. The maximum absolute atomic E-state index is 5.56. The predicted molar refractivity (Wildman–Crippen MR) is 229 cm³/mol. The van der Waals surface area contributed by atoms with E-state index in [2.05, 4.69) is 199 Å². The Morgan fingerprint density at radius 3 is 1.45 bits per heavy atom. The summed E-state index contributed by atoms with van der Waals surface area (Å²) in [6, 6.07) is 71.9. The molecule has 10 rings (SSSR count). The summed E-state index contributed by atoms with van der Waals surface area (Å²) < 4.78 is 0. The lowest BCUT2D eigenvalue weighted by atomic mass is 9.93. The highest BCUT2D eigenvalue weighted by atomic mass is 15.1. The van der Waals surface area contributed by atoms with E-state index in [0.29, 0.717) is 5.82 Å². The number of para-hydroxylation sites is 3. The third-order valence-electron chi connectivity index (χ3n) is 10.2. The van der Waals surface area contributed by atoms with E-state index < -0.39 is 0 Å². The van der Waals surface area contributed by atoms with Gasteiger partial charge < -0.3 is 4.90 Å². The minimum atomic E-state index is 0.681. The summed E-state index contributed by atoms with van der Waals surface area (Å²) in [5, 5.41) is 5.58. The van der Waals surface area contributed by atoms with Crippen LogP contribution in [-0.2, 0) is 0 Å². The fourth-order valence-electron chi connectivity index (χ4n) is 7.64. The number of anilines is 3. The van der Waals surface area contributed by atoms with Gasteiger partial charge in [0.05, 0.1) is 28.3 Å². The molecular formula is C51H34N4. The molecule has 8 aromatic carbocycles. The van der Waals surface area contributed by atoms with Crippen molar-refractivity contribution in [3.8, 4) is 45.2 Å². The number of nitrogens with zero attached hydrogens (tertiary/aromatic N) is 4. The molecule has 0 aliphatic heterocycles. The minimum Gasteiger partial charge on any atom is -0.308 e. The molecule has 0 radical (unpaired) electrons. The highest BCUT2D eigenvalue weighted by Crippen LogP contribution is 2.44. The topological polar surface area (TPSA) is 41.9 Å². The van der Waals surface area contributed by atoms with Crippen molar-refractivity contribution in [3.05, 3.63) is 206 Å². The van der Waals surface area contributed by atoms with Crippen molar-refractivity contribution in [2.45, 2.75) is 0 Å². The third kappa shape index (κ3) is 5.96. The number of rotatable bonds is 7. The monoisotopic (exact) mass is 702 g/mol. The van der Waals surface area contributed by atoms with Crippen LogP contribution in [0.3, 0.4) is 0 Å². The van der Waals surface area contributed by atoms with E-state index in [4.69, 9.17) is 15.0 Å². The van der Waals surface area contributed by atoms with E-state index in [9.17, 15) is 0 Å². The van der Waals surface area contributed by atoms with Crippen LogP contribution in [0, 0.1) is 0 Å². The fourth-order valence-corrected chi connectivity index (χ4v) is 7.64. The summed E-state index contributed by atoms with van der Waals surface area (Å²) in [6.45, 7) is 0. The van der Waals surface area contributed by atoms with Crippen LogP contribution in [0.5, 0.6) is 0 Å². The lowest BCUT2D eigenvalue weighted by molar-refractivity contribution is 1.18. The van der Waals surface area contributed by atoms with Gasteiger partial charge in [-0.2, -0.15) is 0 Å². The van der Waals surface area contributed by atoms with Crippen LogP contribution in [0.2, 0.25) is 0 Å². The molecule has 4 nitrogen and oxygen atoms in total. The lowest BCUT2D eigenvalue weighted by Gasteiger charge is -2.27. The third-order valence-corrected chi connectivity index (χ3v) is 10.2. The van der Waals surface area contributed by atoms with E-state index in [1.54, 1.807) is 0 Å². The summed E-state index contributed by atoms with van der Waals surface area (Å²) in [7, 11) is 0. The fraction of sp³-hybridized carbons (Fsp3) is 0. The van der Waals surface area contributed by atoms with E-state index >= 15 is 0 Å². The van der Waals surface area contributed by atoms with Crippen LogP contribution >= 0.6 is 0 Å². The molecular weight excluding hydrogens is 669 g/mol. The number of pyridine rings is 1. The first kappa shape index (κ1) is 32.2. The zero-order chi connectivity index (χ0) is 36.6. The molecule has 0 atom stereocenters. The van der Waals surface area contributed by atoms with Gasteiger partial charge >= 0.3 is 0 Å². The zero-order valence-electron chi connectivity index (χ0n) is 29.9. The van der Waals surface area contributed by atoms with Crippen molar-refractivity contribution in [3.63, 3.8) is 0 Å². The van der Waals surface area contributed by atoms with Crippen molar-refractivity contribution in [2.24, 2.45) is 0 Å². The predicted octanol–water partition coefficient (Wildman–Crippen LogP) is 13.5. The van der Waals surface area contributed by atoms with E-state index in [1.165, 1.54) is 0 Å². The summed E-state index contributed by atoms with van der Waals surface area (Å²) in [5.74, 6) is 0.681. The van der Waals surface area contributed by atoms with Crippen LogP contribution in [-0.4, -0.2) is 15.0 Å². The number of benzene rings is 8. The van der Waals surface area contributed by atoms with Gasteiger partial charge in [0.25, 0.3) is 0 Å². The summed E-state index contributed by atoms with van der Waals surface area (Å²) in [4.78, 5) is 18.2. The van der Waals surface area contributed by atoms with Gasteiger partial charge in [-0.05, 0) is 53.2 Å². The van der Waals surface area contributed by atoms with Crippen LogP contribution in [0.4, 0.5) is 17.1 Å². The van der Waals surface area contributed by atoms with Crippen molar-refractivity contribution in [2.75, 3.05) is 4.90 Å². The van der Waals surface area contributed by atoms with Gasteiger partial charge in [-0.15, -0.1) is 0 Å². The van der Waals surface area contributed by atoms with E-state index in [0.717, 1.165) is 88.8 Å². The zero-order valence-corrected chi connectivity index (χ0v) is 29.9. The Labute approximate surface area is 319 Å². The maximum Gasteiger partial charge on any atom is 0.160 e. The molecule has 2 aromatic heterocycles. The second kappa shape index (κ2) is 13.8. The molecule has 0 bridgehead atoms. The van der Waals surface area contributed by atoms with Gasteiger partial charge in [-0.1, -0.05) is 164 Å². The van der Waals surface area contributed by atoms with Crippen molar-refractivity contribution in [1.82, 2.24) is 15.0 Å². The number of aromatic nitrogens is 3. The Morgan fingerprint density at radius 2 is 0.873 bits per heavy atom. The largest absolute Gasteiger partial charge is 0.308 e. The second-order valence-electron chi connectivity index (χ2n) is 13.6. The first-order chi connectivity index (χ1) is 27.3. The highest BCUT2D eigenvalue weighted by Gasteiger charge is 2.21. The lowest BCUT2D eigenvalue weighted by Crippen LogP contribution is -2.11. The Morgan fingerprint density at radius 1 is 0.345 bits per heavy atom. The standard InChI is InChI=1S/C51H34N4/c1-6-17-36(18-7-1)45-34-46(37-19-8-2-9-20-37)53-51(52-45)39-30-29-35-31-32-43-48(44(35)33-39)42-27-16-28-47(50(42)54-49(43)38-21-10-3-11-22-38)55(40-23-12-4-13-24-40)41-25-14-5-15-26-41/h1-34H. The molecule has 0 N–H and O–H groups in total. The van der Waals surface area contributed by atoms with Gasteiger partial charge in [-0.25, -0.2) is 15.0 Å². The average molecular weight is 703 g/mol. The maximum atomic E-state index is 5.56. The van der Waals surface area contributed by atoms with Crippen LogP contribution in [0.1, 0.15) is 0 Å². The van der Waals surface area contributed by atoms with Gasteiger partial charge in [-0.3, -0.25) is 0 Å². The molecule has 0 aliphatic carbocycles. The molecule has 0 fully saturated rings. The molecule has 2 heterocycles. The minimum absolute atomic E-state index is 0.681. The SMILES string of the molecule is c1ccc(-c2cc(-c3ccccc3)nc(-c3ccc4ccc5c(-c6ccccc6)nc6c(N(c7ccccc7)c7ccccc7)cccc6c5c4c3)n2)cc1. The van der Waals surface area contributed by atoms with Gasteiger partial charge in [0.15, 0.2) is 5.82 Å². The average Bonchev–Trinajstić information content (AvgIpc) is 3.27. The van der Waals surface area contributed by atoms with Gasteiger partial charge in [0, 0.05) is 49.8 Å². The van der Waals surface area contributed by atoms with Crippen molar-refractivity contribution in [1.29, 1.82) is 0 Å². The van der Waals surface area contributed by atoms with Crippen molar-refractivity contribution < 1.29 is 0 Å². The molecule has 55 heavy (non-hydrogen) atoms. The molecule has 0 unspecified atom stereocenters.